The van der Waals surface area contributed by atoms with E-state index in [0.717, 1.165) is 19.5 Å². The second-order valence-electron chi connectivity index (χ2n) is 5.93. The fourth-order valence-electron chi connectivity index (χ4n) is 3.29. The van der Waals surface area contributed by atoms with Crippen molar-refractivity contribution in [2.24, 2.45) is 11.8 Å². The van der Waals surface area contributed by atoms with Gasteiger partial charge in [-0.25, -0.2) is 8.78 Å². The van der Waals surface area contributed by atoms with E-state index in [4.69, 9.17) is 0 Å². The van der Waals surface area contributed by atoms with Gasteiger partial charge >= 0.3 is 0 Å². The highest BCUT2D eigenvalue weighted by Gasteiger charge is 2.26. The number of halogens is 2. The molecule has 0 heterocycles. The first-order chi connectivity index (χ1) is 9.72. The highest BCUT2D eigenvalue weighted by molar-refractivity contribution is 5.19. The first kappa shape index (κ1) is 15.4. The maximum atomic E-state index is 13.8. The summed E-state index contributed by atoms with van der Waals surface area (Å²) >= 11 is 0. The smallest absolute Gasteiger partial charge is 0.162 e. The van der Waals surface area contributed by atoms with Crippen molar-refractivity contribution in [2.45, 2.75) is 45.4 Å². The van der Waals surface area contributed by atoms with E-state index in [9.17, 15) is 8.78 Å². The van der Waals surface area contributed by atoms with Crippen molar-refractivity contribution in [1.82, 2.24) is 5.32 Å². The molecular weight excluding hydrogens is 256 g/mol. The van der Waals surface area contributed by atoms with Gasteiger partial charge in [-0.1, -0.05) is 44.7 Å². The zero-order valence-electron chi connectivity index (χ0n) is 12.3. The van der Waals surface area contributed by atoms with Gasteiger partial charge in [0.2, 0.25) is 0 Å². The Hall–Kier alpha value is -0.960. The van der Waals surface area contributed by atoms with Crippen LogP contribution in [0.5, 0.6) is 0 Å². The Labute approximate surface area is 120 Å². The van der Waals surface area contributed by atoms with Gasteiger partial charge in [0.15, 0.2) is 11.6 Å². The van der Waals surface area contributed by atoms with E-state index < -0.39 is 11.6 Å². The Balaban J connectivity index is 2.03. The zero-order valence-corrected chi connectivity index (χ0v) is 12.3. The minimum absolute atomic E-state index is 0.417. The number of hydrogen-bond donors (Lipinski definition) is 1. The quantitative estimate of drug-likeness (QED) is 0.734. The molecule has 1 saturated carbocycles. The number of rotatable bonds is 7. The van der Waals surface area contributed by atoms with Crippen LogP contribution in [0.3, 0.4) is 0 Å². The molecule has 1 fully saturated rings. The number of hydrogen-bond acceptors (Lipinski definition) is 1. The Bertz CT molecular complexity index is 413. The standard InChI is InChI=1S/C17H25F2N/c1-2-10-20-12-15(13-6-3-4-7-13)11-14-8-5-9-16(18)17(14)19/h5,8-9,13,15,20H,2-4,6-7,10-12H2,1H3. The van der Waals surface area contributed by atoms with Crippen LogP contribution in [0.15, 0.2) is 18.2 Å². The summed E-state index contributed by atoms with van der Waals surface area (Å²) in [4.78, 5) is 0. The lowest BCUT2D eigenvalue weighted by molar-refractivity contribution is 0.317. The zero-order chi connectivity index (χ0) is 14.4. The molecule has 0 aromatic heterocycles. The topological polar surface area (TPSA) is 12.0 Å². The summed E-state index contributed by atoms with van der Waals surface area (Å²) in [5.74, 6) is -0.317. The first-order valence-electron chi connectivity index (χ1n) is 7.86. The molecule has 0 radical (unpaired) electrons. The molecule has 3 heteroatoms. The number of nitrogens with one attached hydrogen (secondary N) is 1. The molecule has 1 aromatic rings. The van der Waals surface area contributed by atoms with Crippen LogP contribution in [0.1, 0.15) is 44.6 Å². The van der Waals surface area contributed by atoms with Crippen LogP contribution >= 0.6 is 0 Å². The van der Waals surface area contributed by atoms with Crippen molar-refractivity contribution in [2.75, 3.05) is 13.1 Å². The third-order valence-corrected chi connectivity index (χ3v) is 4.41. The van der Waals surface area contributed by atoms with Crippen molar-refractivity contribution in [1.29, 1.82) is 0 Å². The Morgan fingerprint density at radius 1 is 1.25 bits per heavy atom. The fourth-order valence-corrected chi connectivity index (χ4v) is 3.29. The monoisotopic (exact) mass is 281 g/mol. The minimum Gasteiger partial charge on any atom is -0.316 e. The van der Waals surface area contributed by atoms with Crippen LogP contribution in [0, 0.1) is 23.5 Å². The van der Waals surface area contributed by atoms with Crippen molar-refractivity contribution in [3.63, 3.8) is 0 Å². The molecule has 0 amide bonds. The molecule has 1 aliphatic carbocycles. The van der Waals surface area contributed by atoms with Gasteiger partial charge in [0.05, 0.1) is 0 Å². The van der Waals surface area contributed by atoms with Gasteiger partial charge in [-0.15, -0.1) is 0 Å². The first-order valence-corrected chi connectivity index (χ1v) is 7.86. The van der Waals surface area contributed by atoms with Crippen molar-refractivity contribution in [3.05, 3.63) is 35.4 Å². The predicted octanol–water partition coefficient (Wildman–Crippen LogP) is 4.31. The van der Waals surface area contributed by atoms with Gasteiger partial charge in [-0.3, -0.25) is 0 Å². The largest absolute Gasteiger partial charge is 0.316 e. The maximum Gasteiger partial charge on any atom is 0.162 e. The van der Waals surface area contributed by atoms with E-state index in [-0.39, 0.29) is 0 Å². The van der Waals surface area contributed by atoms with E-state index in [0.29, 0.717) is 23.8 Å². The van der Waals surface area contributed by atoms with E-state index in [1.807, 2.05) is 0 Å². The van der Waals surface area contributed by atoms with Gasteiger partial charge in [0.25, 0.3) is 0 Å². The lowest BCUT2D eigenvalue weighted by Gasteiger charge is -2.24. The van der Waals surface area contributed by atoms with Crippen molar-refractivity contribution < 1.29 is 8.78 Å². The van der Waals surface area contributed by atoms with Crippen molar-refractivity contribution >= 4 is 0 Å². The molecule has 1 aliphatic rings. The Morgan fingerprint density at radius 2 is 2.00 bits per heavy atom. The highest BCUT2D eigenvalue weighted by atomic mass is 19.2. The van der Waals surface area contributed by atoms with Crippen LogP contribution in [-0.2, 0) is 6.42 Å². The minimum atomic E-state index is -0.728. The highest BCUT2D eigenvalue weighted by Crippen LogP contribution is 2.33. The third-order valence-electron chi connectivity index (χ3n) is 4.41. The van der Waals surface area contributed by atoms with Crippen LogP contribution in [0.25, 0.3) is 0 Å². The summed E-state index contributed by atoms with van der Waals surface area (Å²) < 4.78 is 27.2. The molecule has 1 nitrogen and oxygen atoms in total. The molecule has 1 N–H and O–H groups in total. The normalized spacial score (nSPS) is 17.6. The summed E-state index contributed by atoms with van der Waals surface area (Å²) in [6.07, 6.45) is 6.77. The van der Waals surface area contributed by atoms with Gasteiger partial charge < -0.3 is 5.32 Å². The van der Waals surface area contributed by atoms with E-state index >= 15 is 0 Å². The maximum absolute atomic E-state index is 13.8. The molecule has 1 unspecified atom stereocenters. The molecule has 2 rings (SSSR count). The summed E-state index contributed by atoms with van der Waals surface area (Å²) in [5.41, 5.74) is 0.528. The van der Waals surface area contributed by atoms with E-state index in [1.165, 1.54) is 31.7 Å². The second kappa shape index (κ2) is 7.72. The molecule has 1 aromatic carbocycles. The molecule has 0 saturated heterocycles. The average Bonchev–Trinajstić information content (AvgIpc) is 2.96. The van der Waals surface area contributed by atoms with Gasteiger partial charge in [0.1, 0.15) is 0 Å². The molecule has 0 aliphatic heterocycles. The van der Waals surface area contributed by atoms with Crippen LogP contribution < -0.4 is 5.32 Å². The number of benzene rings is 1. The van der Waals surface area contributed by atoms with Crippen LogP contribution in [0.4, 0.5) is 8.78 Å². The van der Waals surface area contributed by atoms with Gasteiger partial charge in [0, 0.05) is 0 Å². The second-order valence-corrected chi connectivity index (χ2v) is 5.93. The molecule has 0 spiro atoms. The SMILES string of the molecule is CCCNCC(Cc1cccc(F)c1F)C1CCCC1. The summed E-state index contributed by atoms with van der Waals surface area (Å²) in [7, 11) is 0. The lowest BCUT2D eigenvalue weighted by atomic mass is 9.85. The molecule has 112 valence electrons. The van der Waals surface area contributed by atoms with E-state index in [2.05, 4.69) is 12.2 Å². The Kier molecular flexibility index (Phi) is 5.96. The third kappa shape index (κ3) is 4.02. The van der Waals surface area contributed by atoms with Gasteiger partial charge in [-0.2, -0.15) is 0 Å². The lowest BCUT2D eigenvalue weighted by Crippen LogP contribution is -2.29. The average molecular weight is 281 g/mol. The molecule has 1 atom stereocenters. The van der Waals surface area contributed by atoms with Gasteiger partial charge in [-0.05, 0) is 49.4 Å². The molecule has 0 bridgehead atoms. The van der Waals surface area contributed by atoms with Crippen molar-refractivity contribution in [3.8, 4) is 0 Å². The van der Waals surface area contributed by atoms with E-state index in [1.54, 1.807) is 12.1 Å². The summed E-state index contributed by atoms with van der Waals surface area (Å²) in [5, 5.41) is 3.45. The Morgan fingerprint density at radius 3 is 2.70 bits per heavy atom. The van der Waals surface area contributed by atoms with Crippen LogP contribution in [0.2, 0.25) is 0 Å². The predicted molar refractivity (Wildman–Crippen MR) is 78.7 cm³/mol. The summed E-state index contributed by atoms with van der Waals surface area (Å²) in [6.45, 7) is 4.05. The fraction of sp³-hybridized carbons (Fsp3) is 0.647. The molecule has 20 heavy (non-hydrogen) atoms. The van der Waals surface area contributed by atoms with Crippen LogP contribution in [-0.4, -0.2) is 13.1 Å². The summed E-state index contributed by atoms with van der Waals surface area (Å²) in [6, 6.07) is 4.53. The molecular formula is C17H25F2N.